The van der Waals surface area contributed by atoms with Gasteiger partial charge in [0.1, 0.15) is 24.4 Å². The molecule has 25 heavy (non-hydrogen) atoms. The molecule has 2 heterocycles. The van der Waals surface area contributed by atoms with Crippen molar-refractivity contribution in [3.8, 4) is 0 Å². The molecule has 0 aliphatic carbocycles. The first-order valence-electron chi connectivity index (χ1n) is 8.57. The van der Waals surface area contributed by atoms with Crippen LogP contribution in [0, 0.1) is 0 Å². The molecule has 2 bridgehead atoms. The van der Waals surface area contributed by atoms with E-state index in [1.165, 1.54) is 0 Å². The van der Waals surface area contributed by atoms with Gasteiger partial charge < -0.3 is 24.1 Å². The second kappa shape index (κ2) is 7.64. The minimum absolute atomic E-state index is 0.359. The monoisotopic (exact) mass is 342 g/mol. The number of hydrogen-bond acceptors (Lipinski definition) is 5. The number of rotatable bonds is 6. The molecular formula is C20H22O5. The molecule has 0 amide bonds. The summed E-state index contributed by atoms with van der Waals surface area (Å²) >= 11 is 0. The van der Waals surface area contributed by atoms with Crippen molar-refractivity contribution >= 4 is 0 Å². The highest BCUT2D eigenvalue weighted by atomic mass is 16.8. The number of aliphatic hydroxyl groups excluding tert-OH is 1. The van der Waals surface area contributed by atoms with Crippen molar-refractivity contribution in [3.05, 3.63) is 71.8 Å². The highest BCUT2D eigenvalue weighted by Crippen LogP contribution is 2.32. The Kier molecular flexibility index (Phi) is 5.10. The van der Waals surface area contributed by atoms with Crippen molar-refractivity contribution in [1.29, 1.82) is 0 Å². The average Bonchev–Trinajstić information content (AvgIpc) is 3.11. The van der Waals surface area contributed by atoms with Crippen molar-refractivity contribution in [2.75, 3.05) is 6.61 Å². The van der Waals surface area contributed by atoms with Crippen molar-refractivity contribution in [1.82, 2.24) is 0 Å². The lowest BCUT2D eigenvalue weighted by molar-refractivity contribution is -0.258. The molecular weight excluding hydrogens is 320 g/mol. The lowest BCUT2D eigenvalue weighted by Crippen LogP contribution is -2.55. The minimum Gasteiger partial charge on any atom is -0.387 e. The zero-order valence-corrected chi connectivity index (χ0v) is 13.9. The first kappa shape index (κ1) is 16.7. The minimum atomic E-state index is -0.775. The van der Waals surface area contributed by atoms with E-state index in [-0.39, 0.29) is 6.10 Å². The highest BCUT2D eigenvalue weighted by molar-refractivity contribution is 5.14. The van der Waals surface area contributed by atoms with Gasteiger partial charge in [-0.05, 0) is 11.1 Å². The topological polar surface area (TPSA) is 57.2 Å². The molecule has 2 saturated heterocycles. The molecule has 1 N–H and O–H groups in total. The summed E-state index contributed by atoms with van der Waals surface area (Å²) in [6.45, 7) is 1.19. The number of aliphatic hydroxyl groups is 1. The van der Waals surface area contributed by atoms with Gasteiger partial charge >= 0.3 is 0 Å². The number of benzene rings is 2. The summed E-state index contributed by atoms with van der Waals surface area (Å²) in [5.41, 5.74) is 2.11. The Morgan fingerprint density at radius 2 is 1.40 bits per heavy atom. The van der Waals surface area contributed by atoms with Gasteiger partial charge in [-0.15, -0.1) is 0 Å². The van der Waals surface area contributed by atoms with E-state index in [2.05, 4.69) is 0 Å². The van der Waals surface area contributed by atoms with Crippen LogP contribution in [0.3, 0.4) is 0 Å². The van der Waals surface area contributed by atoms with Gasteiger partial charge in [0.05, 0.1) is 19.8 Å². The summed E-state index contributed by atoms with van der Waals surface area (Å²) in [7, 11) is 0. The van der Waals surface area contributed by atoms with E-state index in [9.17, 15) is 5.11 Å². The molecule has 2 aliphatic heterocycles. The third-order valence-electron chi connectivity index (χ3n) is 4.61. The van der Waals surface area contributed by atoms with Crippen LogP contribution in [0.15, 0.2) is 60.7 Å². The average molecular weight is 342 g/mol. The lowest BCUT2D eigenvalue weighted by atomic mass is 10.0. The van der Waals surface area contributed by atoms with Crippen LogP contribution >= 0.6 is 0 Å². The third kappa shape index (κ3) is 3.76. The van der Waals surface area contributed by atoms with Crippen LogP contribution in [0.1, 0.15) is 11.1 Å². The van der Waals surface area contributed by atoms with Crippen LogP contribution in [0.2, 0.25) is 0 Å². The normalized spacial score (nSPS) is 31.2. The molecule has 2 fully saturated rings. The molecule has 2 aromatic carbocycles. The predicted octanol–water partition coefficient (Wildman–Crippen LogP) is 2.27. The van der Waals surface area contributed by atoms with Crippen LogP contribution in [-0.4, -0.2) is 42.4 Å². The van der Waals surface area contributed by atoms with Gasteiger partial charge in [-0.25, -0.2) is 0 Å². The maximum Gasteiger partial charge on any atom is 0.187 e. The first-order valence-corrected chi connectivity index (χ1v) is 8.57. The number of ether oxygens (including phenoxy) is 4. The summed E-state index contributed by atoms with van der Waals surface area (Å²) < 4.78 is 23.4. The number of hydrogen-bond donors (Lipinski definition) is 1. The molecule has 4 rings (SSSR count). The fourth-order valence-electron chi connectivity index (χ4n) is 3.25. The molecule has 5 heteroatoms. The van der Waals surface area contributed by atoms with Crippen LogP contribution < -0.4 is 0 Å². The van der Waals surface area contributed by atoms with Crippen molar-refractivity contribution in [2.24, 2.45) is 0 Å². The van der Waals surface area contributed by atoms with Gasteiger partial charge in [-0.3, -0.25) is 0 Å². The Balaban J connectivity index is 1.45. The molecule has 5 atom stereocenters. The smallest absolute Gasteiger partial charge is 0.187 e. The molecule has 0 saturated carbocycles. The third-order valence-corrected chi connectivity index (χ3v) is 4.61. The molecule has 2 aliphatic rings. The van der Waals surface area contributed by atoms with Gasteiger partial charge in [0.25, 0.3) is 0 Å². The Morgan fingerprint density at radius 1 is 0.840 bits per heavy atom. The molecule has 0 spiro atoms. The van der Waals surface area contributed by atoms with Crippen LogP contribution in [-0.2, 0) is 32.2 Å². The van der Waals surface area contributed by atoms with E-state index in [1.807, 2.05) is 60.7 Å². The highest BCUT2D eigenvalue weighted by Gasteiger charge is 2.51. The number of fused-ring (bicyclic) bond motifs is 2. The molecule has 0 radical (unpaired) electrons. The van der Waals surface area contributed by atoms with E-state index in [4.69, 9.17) is 18.9 Å². The Bertz CT molecular complexity index is 619. The standard InChI is InChI=1S/C20H22O5/c21-17-16-13-24-20(25-16)19(23-12-15-9-5-2-6-10-15)18(17)22-11-14-7-3-1-4-8-14/h1-10,16-21H,11-13H2/t16-,17+,18-,19-,20-/m1/s1. The largest absolute Gasteiger partial charge is 0.387 e. The second-order valence-corrected chi connectivity index (χ2v) is 6.39. The van der Waals surface area contributed by atoms with E-state index < -0.39 is 24.6 Å². The quantitative estimate of drug-likeness (QED) is 0.873. The van der Waals surface area contributed by atoms with E-state index >= 15 is 0 Å². The van der Waals surface area contributed by atoms with Gasteiger partial charge in [0.2, 0.25) is 0 Å². The zero-order chi connectivity index (χ0) is 17.1. The van der Waals surface area contributed by atoms with Gasteiger partial charge in [0.15, 0.2) is 6.29 Å². The maximum atomic E-state index is 10.6. The van der Waals surface area contributed by atoms with Crippen molar-refractivity contribution in [2.45, 2.75) is 43.9 Å². The fraction of sp³-hybridized carbons (Fsp3) is 0.400. The Morgan fingerprint density at radius 3 is 2.00 bits per heavy atom. The van der Waals surface area contributed by atoms with Crippen molar-refractivity contribution < 1.29 is 24.1 Å². The first-order chi connectivity index (χ1) is 12.3. The summed E-state index contributed by atoms with van der Waals surface area (Å²) in [5.74, 6) is 0. The summed E-state index contributed by atoms with van der Waals surface area (Å²) in [4.78, 5) is 0. The van der Waals surface area contributed by atoms with E-state index in [1.54, 1.807) is 0 Å². The molecule has 132 valence electrons. The fourth-order valence-corrected chi connectivity index (χ4v) is 3.25. The lowest BCUT2D eigenvalue weighted by Gasteiger charge is -2.38. The maximum absolute atomic E-state index is 10.6. The summed E-state index contributed by atoms with van der Waals surface area (Å²) in [5, 5.41) is 10.6. The van der Waals surface area contributed by atoms with Crippen LogP contribution in [0.5, 0.6) is 0 Å². The summed E-state index contributed by atoms with van der Waals surface area (Å²) in [6.07, 6.45) is -2.60. The van der Waals surface area contributed by atoms with E-state index in [0.717, 1.165) is 11.1 Å². The SMILES string of the molecule is O[C@@H]1[C@@H](OCc2ccccc2)[C@@H](OCc2ccccc2)[C@@H]2OC[C@H]1O2. The second-order valence-electron chi connectivity index (χ2n) is 6.39. The van der Waals surface area contributed by atoms with Crippen LogP contribution in [0.4, 0.5) is 0 Å². The molecule has 5 nitrogen and oxygen atoms in total. The van der Waals surface area contributed by atoms with Gasteiger partial charge in [0, 0.05) is 0 Å². The predicted molar refractivity (Wildman–Crippen MR) is 90.7 cm³/mol. The molecule has 0 unspecified atom stereocenters. The van der Waals surface area contributed by atoms with Gasteiger partial charge in [-0.1, -0.05) is 60.7 Å². The Labute approximate surface area is 147 Å². The zero-order valence-electron chi connectivity index (χ0n) is 13.9. The summed E-state index contributed by atoms with van der Waals surface area (Å²) in [6, 6.07) is 19.8. The van der Waals surface area contributed by atoms with E-state index in [0.29, 0.717) is 19.8 Å². The van der Waals surface area contributed by atoms with Crippen LogP contribution in [0.25, 0.3) is 0 Å². The van der Waals surface area contributed by atoms with Crippen molar-refractivity contribution in [3.63, 3.8) is 0 Å². The molecule has 2 aromatic rings. The Hall–Kier alpha value is -1.76. The van der Waals surface area contributed by atoms with Gasteiger partial charge in [-0.2, -0.15) is 0 Å². The molecule has 0 aromatic heterocycles.